The van der Waals surface area contributed by atoms with Crippen molar-refractivity contribution in [1.29, 1.82) is 0 Å². The Kier molecular flexibility index (Phi) is 9.01. The quantitative estimate of drug-likeness (QED) is 0.748. The maximum atomic E-state index is 12.1. The lowest BCUT2D eigenvalue weighted by atomic mass is 10.2. The van der Waals surface area contributed by atoms with Crippen molar-refractivity contribution in [3.8, 4) is 0 Å². The van der Waals surface area contributed by atoms with Crippen LogP contribution in [0.15, 0.2) is 24.3 Å². The van der Waals surface area contributed by atoms with Gasteiger partial charge >= 0.3 is 5.97 Å². The van der Waals surface area contributed by atoms with Crippen LogP contribution >= 0.6 is 24.2 Å². The summed E-state index contributed by atoms with van der Waals surface area (Å²) in [5.74, 6) is 0.609. The third kappa shape index (κ3) is 6.78. The minimum Gasteiger partial charge on any atom is -0.468 e. The van der Waals surface area contributed by atoms with Crippen LogP contribution in [0.25, 0.3) is 0 Å². The van der Waals surface area contributed by atoms with Crippen LogP contribution in [0.5, 0.6) is 0 Å². The Labute approximate surface area is 146 Å². The molecule has 1 saturated heterocycles. The zero-order valence-electron chi connectivity index (χ0n) is 12.9. The minimum atomic E-state index is -0.453. The Morgan fingerprint density at radius 1 is 1.48 bits per heavy atom. The molecule has 1 aliphatic rings. The first-order chi connectivity index (χ1) is 10.7. The second-order valence-corrected chi connectivity index (χ2v) is 5.81. The van der Waals surface area contributed by atoms with Crippen LogP contribution in [0.3, 0.4) is 0 Å². The number of thioether (sulfide) groups is 1. The number of carbonyl (C=O) groups excluding carboxylic acids is 2. The lowest BCUT2D eigenvalue weighted by Gasteiger charge is -2.22. The Morgan fingerprint density at radius 2 is 2.30 bits per heavy atom. The lowest BCUT2D eigenvalue weighted by molar-refractivity contribution is -0.137. The molecule has 1 aliphatic heterocycles. The van der Waals surface area contributed by atoms with Crippen molar-refractivity contribution in [2.24, 2.45) is 0 Å². The maximum Gasteiger partial charge on any atom is 0.315 e. The highest BCUT2D eigenvalue weighted by atomic mass is 35.5. The van der Waals surface area contributed by atoms with Gasteiger partial charge in [0.25, 0.3) is 5.91 Å². The number of hydrogen-bond donors (Lipinski definition) is 2. The SMILES string of the molecule is COC(=O)CSCc1cccc(NC(=O)C2CNCCO2)c1.Cl. The molecule has 0 aliphatic carbocycles. The molecule has 0 bridgehead atoms. The fourth-order valence-corrected chi connectivity index (χ4v) is 2.81. The van der Waals surface area contributed by atoms with E-state index in [1.807, 2.05) is 24.3 Å². The summed E-state index contributed by atoms with van der Waals surface area (Å²) in [5.41, 5.74) is 1.77. The number of amides is 1. The summed E-state index contributed by atoms with van der Waals surface area (Å²) in [6.07, 6.45) is -0.453. The van der Waals surface area contributed by atoms with Crippen molar-refractivity contribution < 1.29 is 19.1 Å². The van der Waals surface area contributed by atoms with E-state index in [9.17, 15) is 9.59 Å². The average Bonchev–Trinajstić information content (AvgIpc) is 2.56. The van der Waals surface area contributed by atoms with E-state index in [4.69, 9.17) is 4.74 Å². The Bertz CT molecular complexity index is 524. The van der Waals surface area contributed by atoms with Gasteiger partial charge in [-0.2, -0.15) is 0 Å². The van der Waals surface area contributed by atoms with Crippen LogP contribution in [0.1, 0.15) is 5.56 Å². The molecule has 23 heavy (non-hydrogen) atoms. The van der Waals surface area contributed by atoms with E-state index in [0.29, 0.717) is 24.7 Å². The summed E-state index contributed by atoms with van der Waals surface area (Å²) >= 11 is 1.47. The van der Waals surface area contributed by atoms with Gasteiger partial charge in [0.05, 0.1) is 19.5 Å². The van der Waals surface area contributed by atoms with Crippen molar-refractivity contribution >= 4 is 41.7 Å². The lowest BCUT2D eigenvalue weighted by Crippen LogP contribution is -2.45. The number of rotatable bonds is 6. The number of halogens is 1. The molecule has 2 rings (SSSR count). The Morgan fingerprint density at radius 3 is 3.00 bits per heavy atom. The molecule has 0 spiro atoms. The molecule has 128 valence electrons. The minimum absolute atomic E-state index is 0. The number of methoxy groups -OCH3 is 1. The van der Waals surface area contributed by atoms with Gasteiger partial charge in [-0.3, -0.25) is 9.59 Å². The fourth-order valence-electron chi connectivity index (χ4n) is 2.01. The van der Waals surface area contributed by atoms with Crippen molar-refractivity contribution in [3.63, 3.8) is 0 Å². The normalized spacial score (nSPS) is 17.0. The summed E-state index contributed by atoms with van der Waals surface area (Å²) in [6, 6.07) is 7.57. The van der Waals surface area contributed by atoms with Crippen LogP contribution < -0.4 is 10.6 Å². The molecule has 0 radical (unpaired) electrons. The molecule has 1 amide bonds. The van der Waals surface area contributed by atoms with Gasteiger partial charge in [-0.1, -0.05) is 12.1 Å². The molecule has 1 unspecified atom stereocenters. The van der Waals surface area contributed by atoms with E-state index in [0.717, 1.165) is 17.8 Å². The van der Waals surface area contributed by atoms with Gasteiger partial charge in [-0.25, -0.2) is 0 Å². The van der Waals surface area contributed by atoms with E-state index in [1.165, 1.54) is 18.9 Å². The largest absolute Gasteiger partial charge is 0.468 e. The summed E-state index contributed by atoms with van der Waals surface area (Å²) in [5, 5.41) is 5.98. The first-order valence-corrected chi connectivity index (χ1v) is 8.21. The third-order valence-electron chi connectivity index (χ3n) is 3.13. The molecular weight excluding hydrogens is 340 g/mol. The van der Waals surface area contributed by atoms with Gasteiger partial charge in [0.15, 0.2) is 0 Å². The monoisotopic (exact) mass is 360 g/mol. The number of benzene rings is 1. The molecular formula is C15H21ClN2O4S. The molecule has 0 saturated carbocycles. The highest BCUT2D eigenvalue weighted by molar-refractivity contribution is 7.99. The van der Waals surface area contributed by atoms with Gasteiger partial charge in [-0.15, -0.1) is 24.2 Å². The summed E-state index contributed by atoms with van der Waals surface area (Å²) in [4.78, 5) is 23.1. The highest BCUT2D eigenvalue weighted by Crippen LogP contribution is 2.17. The molecule has 1 aromatic rings. The van der Waals surface area contributed by atoms with Gasteiger partial charge in [0.2, 0.25) is 0 Å². The predicted molar refractivity (Wildman–Crippen MR) is 93.1 cm³/mol. The molecule has 2 N–H and O–H groups in total. The number of anilines is 1. The van der Waals surface area contributed by atoms with E-state index in [2.05, 4.69) is 15.4 Å². The molecule has 1 atom stereocenters. The van der Waals surface area contributed by atoms with Crippen LogP contribution in [0.4, 0.5) is 5.69 Å². The van der Waals surface area contributed by atoms with Crippen LogP contribution in [-0.4, -0.2) is 50.5 Å². The van der Waals surface area contributed by atoms with E-state index < -0.39 is 6.10 Å². The van der Waals surface area contributed by atoms with Gasteiger partial charge in [-0.05, 0) is 17.7 Å². The van der Waals surface area contributed by atoms with Gasteiger partial charge in [0.1, 0.15) is 6.10 Å². The molecule has 6 nitrogen and oxygen atoms in total. The summed E-state index contributed by atoms with van der Waals surface area (Å²) in [7, 11) is 1.38. The van der Waals surface area contributed by atoms with E-state index in [1.54, 1.807) is 0 Å². The number of hydrogen-bond acceptors (Lipinski definition) is 6. The number of esters is 1. The fraction of sp³-hybridized carbons (Fsp3) is 0.467. The van der Waals surface area contributed by atoms with Gasteiger partial charge < -0.3 is 20.1 Å². The maximum absolute atomic E-state index is 12.1. The summed E-state index contributed by atoms with van der Waals surface area (Å²) < 4.78 is 10.0. The average molecular weight is 361 g/mol. The predicted octanol–water partition coefficient (Wildman–Crippen LogP) is 1.44. The molecule has 1 heterocycles. The summed E-state index contributed by atoms with van der Waals surface area (Å²) in [6.45, 7) is 1.85. The first-order valence-electron chi connectivity index (χ1n) is 7.05. The smallest absolute Gasteiger partial charge is 0.315 e. The first kappa shape index (κ1) is 19.8. The number of carbonyl (C=O) groups is 2. The zero-order chi connectivity index (χ0) is 15.8. The molecule has 0 aromatic heterocycles. The zero-order valence-corrected chi connectivity index (χ0v) is 14.5. The standard InChI is InChI=1S/C15H20N2O4S.ClH/c1-20-14(18)10-22-9-11-3-2-4-12(7-11)17-15(19)13-8-16-5-6-21-13;/h2-4,7,13,16H,5-6,8-10H2,1H3,(H,17,19);1H. The topological polar surface area (TPSA) is 76.7 Å². The van der Waals surface area contributed by atoms with Crippen LogP contribution in [0, 0.1) is 0 Å². The third-order valence-corrected chi connectivity index (χ3v) is 4.11. The van der Waals surface area contributed by atoms with Gasteiger partial charge in [0, 0.05) is 24.5 Å². The van der Waals surface area contributed by atoms with E-state index in [-0.39, 0.29) is 24.3 Å². The number of morpholine rings is 1. The second-order valence-electron chi connectivity index (χ2n) is 4.82. The Hall–Kier alpha value is -1.28. The second kappa shape index (κ2) is 10.5. The van der Waals surface area contributed by atoms with Crippen molar-refractivity contribution in [2.75, 3.05) is 37.9 Å². The Balaban J connectivity index is 0.00000264. The molecule has 8 heteroatoms. The van der Waals surface area contributed by atoms with Crippen molar-refractivity contribution in [3.05, 3.63) is 29.8 Å². The van der Waals surface area contributed by atoms with Crippen molar-refractivity contribution in [2.45, 2.75) is 11.9 Å². The highest BCUT2D eigenvalue weighted by Gasteiger charge is 2.21. The van der Waals surface area contributed by atoms with Crippen molar-refractivity contribution in [1.82, 2.24) is 5.32 Å². The number of ether oxygens (including phenoxy) is 2. The van der Waals surface area contributed by atoms with Crippen LogP contribution in [0.2, 0.25) is 0 Å². The van der Waals surface area contributed by atoms with E-state index >= 15 is 0 Å². The molecule has 1 aromatic carbocycles. The molecule has 1 fully saturated rings. The van der Waals surface area contributed by atoms with Crippen LogP contribution in [-0.2, 0) is 24.8 Å². The number of nitrogens with one attached hydrogen (secondary N) is 2.